The SMILES string of the molecule is C=CCNc1c(O)cc2c(O)c1C(=O)[C@@H](C)C[C@H](OC)[C@H](O)[C@@H](C)C=C(C)[C@H](OC(N)=O)[C@@H](OC)C=CC=C(C)C(=O)N2. The number of hydrogen-bond acceptors (Lipinski definition) is 10. The average molecular weight is 602 g/mol. The number of anilines is 2. The van der Waals surface area contributed by atoms with Crippen LogP contribution < -0.4 is 16.4 Å². The van der Waals surface area contributed by atoms with Crippen molar-refractivity contribution < 1.29 is 43.9 Å². The average Bonchev–Trinajstić information content (AvgIpc) is 2.96. The van der Waals surface area contributed by atoms with Gasteiger partial charge >= 0.3 is 6.09 Å². The predicted octanol–water partition coefficient (Wildman–Crippen LogP) is 3.80. The van der Waals surface area contributed by atoms with Gasteiger partial charge in [0.2, 0.25) is 0 Å². The van der Waals surface area contributed by atoms with E-state index >= 15 is 0 Å². The lowest BCUT2D eigenvalue weighted by molar-refractivity contribution is -0.112. The van der Waals surface area contributed by atoms with Crippen LogP contribution in [0, 0.1) is 11.8 Å². The third kappa shape index (κ3) is 8.93. The van der Waals surface area contributed by atoms with Gasteiger partial charge < -0.3 is 45.9 Å². The number of methoxy groups -OCH3 is 2. The second kappa shape index (κ2) is 15.9. The predicted molar refractivity (Wildman–Crippen MR) is 163 cm³/mol. The van der Waals surface area contributed by atoms with E-state index in [-0.39, 0.29) is 41.2 Å². The third-order valence-corrected chi connectivity index (χ3v) is 7.25. The zero-order valence-corrected chi connectivity index (χ0v) is 25.4. The van der Waals surface area contributed by atoms with E-state index in [1.54, 1.807) is 32.9 Å². The summed E-state index contributed by atoms with van der Waals surface area (Å²) in [6.07, 6.45) is 3.09. The number of carbonyl (C=O) groups is 3. The molecule has 0 aromatic heterocycles. The Hall–Kier alpha value is -4.13. The molecule has 7 N–H and O–H groups in total. The Morgan fingerprint density at radius 2 is 1.88 bits per heavy atom. The van der Waals surface area contributed by atoms with Gasteiger partial charge in [0.05, 0.1) is 29.1 Å². The second-order valence-corrected chi connectivity index (χ2v) is 10.5. The van der Waals surface area contributed by atoms with Crippen LogP contribution in [0.2, 0.25) is 0 Å². The summed E-state index contributed by atoms with van der Waals surface area (Å²) in [5, 5.41) is 38.6. The van der Waals surface area contributed by atoms with Gasteiger partial charge in [-0.25, -0.2) is 4.79 Å². The fourth-order valence-electron chi connectivity index (χ4n) is 4.82. The lowest BCUT2D eigenvalue weighted by atomic mass is 9.87. The van der Waals surface area contributed by atoms with E-state index in [9.17, 15) is 29.7 Å². The molecule has 1 heterocycles. The molecular weight excluding hydrogens is 558 g/mol. The summed E-state index contributed by atoms with van der Waals surface area (Å²) < 4.78 is 16.4. The number of primary amides is 1. The topological polar surface area (TPSA) is 190 Å². The van der Waals surface area contributed by atoms with Crippen LogP contribution in [0.15, 0.2) is 54.2 Å². The Balaban J connectivity index is 2.74. The molecule has 2 amide bonds. The Morgan fingerprint density at radius 3 is 2.47 bits per heavy atom. The first-order chi connectivity index (χ1) is 20.3. The molecule has 1 aliphatic heterocycles. The number of phenols is 2. The fraction of sp³-hybridized carbons (Fsp3) is 0.452. The highest BCUT2D eigenvalue weighted by molar-refractivity contribution is 6.11. The molecule has 0 spiro atoms. The van der Waals surface area contributed by atoms with Crippen LogP contribution in [0.25, 0.3) is 0 Å². The fourth-order valence-corrected chi connectivity index (χ4v) is 4.82. The number of aliphatic hydroxyl groups excluding tert-OH is 1. The lowest BCUT2D eigenvalue weighted by Gasteiger charge is -2.29. The number of hydrogen-bond donors (Lipinski definition) is 6. The van der Waals surface area contributed by atoms with Gasteiger partial charge in [0.15, 0.2) is 17.6 Å². The van der Waals surface area contributed by atoms with E-state index < -0.39 is 59.8 Å². The van der Waals surface area contributed by atoms with Gasteiger partial charge in [-0.2, -0.15) is 0 Å². The zero-order valence-electron chi connectivity index (χ0n) is 25.4. The largest absolute Gasteiger partial charge is 0.506 e. The molecule has 1 aromatic carbocycles. The van der Waals surface area contributed by atoms with Gasteiger partial charge in [-0.3, -0.25) is 9.59 Å². The van der Waals surface area contributed by atoms with Crippen molar-refractivity contribution in [1.29, 1.82) is 0 Å². The highest BCUT2D eigenvalue weighted by Gasteiger charge is 2.33. The molecule has 2 rings (SSSR count). The smallest absolute Gasteiger partial charge is 0.405 e. The lowest BCUT2D eigenvalue weighted by Crippen LogP contribution is -2.37. The summed E-state index contributed by atoms with van der Waals surface area (Å²) in [6.45, 7) is 10.4. The van der Waals surface area contributed by atoms with Crippen molar-refractivity contribution in [2.24, 2.45) is 17.6 Å². The van der Waals surface area contributed by atoms with Gasteiger partial charge in [0.25, 0.3) is 5.91 Å². The van der Waals surface area contributed by atoms with Crippen LogP contribution >= 0.6 is 0 Å². The summed E-state index contributed by atoms with van der Waals surface area (Å²) in [6, 6.07) is 1.14. The number of fused-ring (bicyclic) bond motifs is 2. The van der Waals surface area contributed by atoms with Gasteiger partial charge in [-0.05, 0) is 25.8 Å². The quantitative estimate of drug-likeness (QED) is 0.159. The highest BCUT2D eigenvalue weighted by Crippen LogP contribution is 2.42. The number of ketones is 1. The Morgan fingerprint density at radius 1 is 1.21 bits per heavy atom. The van der Waals surface area contributed by atoms with E-state index in [0.29, 0.717) is 5.57 Å². The van der Waals surface area contributed by atoms with Crippen molar-refractivity contribution in [3.8, 4) is 11.5 Å². The molecule has 1 aromatic rings. The number of aromatic hydroxyl groups is 2. The van der Waals surface area contributed by atoms with Crippen molar-refractivity contribution in [2.75, 3.05) is 31.4 Å². The monoisotopic (exact) mass is 601 g/mol. The third-order valence-electron chi connectivity index (χ3n) is 7.25. The van der Waals surface area contributed by atoms with Gasteiger partial charge in [0, 0.05) is 44.2 Å². The maximum Gasteiger partial charge on any atom is 0.405 e. The number of Topliss-reactive ketones (excluding diaryl/α,β-unsaturated/α-hetero) is 1. The Labute approximate surface area is 251 Å². The van der Waals surface area contributed by atoms with E-state index in [0.717, 1.165) is 6.07 Å². The second-order valence-electron chi connectivity index (χ2n) is 10.5. The van der Waals surface area contributed by atoms with Crippen molar-refractivity contribution >= 4 is 29.2 Å². The molecular formula is C31H43N3O9. The molecule has 0 radical (unpaired) electrons. The maximum atomic E-state index is 13.8. The molecule has 0 aliphatic carbocycles. The Kier molecular flexibility index (Phi) is 13.0. The number of allylic oxidation sites excluding steroid dienone is 2. The molecule has 0 fully saturated rings. The van der Waals surface area contributed by atoms with E-state index in [1.807, 2.05) is 0 Å². The number of carbonyl (C=O) groups excluding carboxylic acids is 3. The van der Waals surface area contributed by atoms with Gasteiger partial charge in [0.1, 0.15) is 11.9 Å². The summed E-state index contributed by atoms with van der Waals surface area (Å²) in [5.74, 6) is -3.45. The number of nitrogens with two attached hydrogens (primary N) is 1. The van der Waals surface area contributed by atoms with E-state index in [2.05, 4.69) is 17.2 Å². The molecule has 0 saturated carbocycles. The maximum absolute atomic E-state index is 13.8. The number of amides is 2. The van der Waals surface area contributed by atoms with Crippen LogP contribution in [0.3, 0.4) is 0 Å². The van der Waals surface area contributed by atoms with Gasteiger partial charge in [-0.15, -0.1) is 6.58 Å². The Bertz CT molecular complexity index is 1290. The molecule has 6 atom stereocenters. The first-order valence-corrected chi connectivity index (χ1v) is 13.8. The molecule has 1 aliphatic rings. The van der Waals surface area contributed by atoms with Gasteiger partial charge in [-0.1, -0.05) is 44.2 Å². The van der Waals surface area contributed by atoms with E-state index in [1.165, 1.54) is 39.4 Å². The molecule has 12 nitrogen and oxygen atoms in total. The van der Waals surface area contributed by atoms with Crippen molar-refractivity contribution in [3.05, 3.63) is 59.7 Å². The number of benzene rings is 1. The summed E-state index contributed by atoms with van der Waals surface area (Å²) in [5.41, 5.74) is 5.63. The number of phenolic OH excluding ortho intramolecular Hbond substituents is 2. The first kappa shape index (κ1) is 35.1. The highest BCUT2D eigenvalue weighted by atomic mass is 16.6. The minimum atomic E-state index is -1.10. The molecule has 0 saturated heterocycles. The molecule has 0 unspecified atom stereocenters. The summed E-state index contributed by atoms with van der Waals surface area (Å²) >= 11 is 0. The van der Waals surface area contributed by atoms with Crippen LogP contribution in [0.1, 0.15) is 44.5 Å². The zero-order chi connectivity index (χ0) is 32.4. The van der Waals surface area contributed by atoms with Crippen molar-refractivity contribution in [1.82, 2.24) is 0 Å². The van der Waals surface area contributed by atoms with Crippen molar-refractivity contribution in [2.45, 2.75) is 58.5 Å². The molecule has 236 valence electrons. The van der Waals surface area contributed by atoms with Crippen molar-refractivity contribution in [3.63, 3.8) is 0 Å². The minimum Gasteiger partial charge on any atom is -0.506 e. The minimum absolute atomic E-state index is 0.0270. The number of aliphatic hydroxyl groups is 1. The van der Waals surface area contributed by atoms with Crippen LogP contribution in [-0.2, 0) is 19.0 Å². The number of nitrogens with one attached hydrogen (secondary N) is 2. The molecule has 12 heteroatoms. The summed E-state index contributed by atoms with van der Waals surface area (Å²) in [7, 11) is 2.82. The van der Waals surface area contributed by atoms with Crippen LogP contribution in [0.5, 0.6) is 11.5 Å². The van der Waals surface area contributed by atoms with E-state index in [4.69, 9.17) is 19.9 Å². The van der Waals surface area contributed by atoms with Crippen LogP contribution in [-0.4, -0.2) is 78.3 Å². The number of rotatable bonds is 6. The normalized spacial score (nSPS) is 25.7. The van der Waals surface area contributed by atoms with Crippen LogP contribution in [0.4, 0.5) is 16.2 Å². The number of ether oxygens (including phenoxy) is 3. The molecule has 43 heavy (non-hydrogen) atoms. The summed E-state index contributed by atoms with van der Waals surface area (Å²) in [4.78, 5) is 38.5. The first-order valence-electron chi connectivity index (χ1n) is 13.8. The molecule has 2 bridgehead atoms. The standard InChI is InChI=1S/C31H43N3O9/c1-8-12-33-25-21(35)15-20-28(38)24(25)27(37)18(4)14-23(42-7)26(36)17(3)13-19(5)29(43-31(32)40)22(41-6)11-9-10-16(2)30(39)34-20/h8-11,13,15,17-18,22-23,26,29,33,35-36,38H,1,12,14H2,2-7H3,(H2,32,40)(H,34,39)/t17-,18-,22-,23-,26+,29-/m0/s1.